The van der Waals surface area contributed by atoms with Gasteiger partial charge in [-0.3, -0.25) is 4.79 Å². The predicted molar refractivity (Wildman–Crippen MR) is 122 cm³/mol. The second-order valence-corrected chi connectivity index (χ2v) is 8.39. The quantitative estimate of drug-likeness (QED) is 0.422. The van der Waals surface area contributed by atoms with Crippen molar-refractivity contribution < 1.29 is 13.9 Å². The first-order chi connectivity index (χ1) is 15.0. The van der Waals surface area contributed by atoms with Crippen molar-refractivity contribution >= 4 is 17.6 Å². The van der Waals surface area contributed by atoms with Gasteiger partial charge in [-0.05, 0) is 37.1 Å². The molecule has 2 heterocycles. The number of piperazine rings is 1. The number of guanidine groups is 1. The fraction of sp³-hybridized carbons (Fsp3) is 0.652. The number of halogens is 1. The van der Waals surface area contributed by atoms with Crippen molar-refractivity contribution in [2.45, 2.75) is 27.3 Å². The minimum atomic E-state index is -0.191. The molecule has 31 heavy (non-hydrogen) atoms. The first-order valence-corrected chi connectivity index (χ1v) is 11.3. The molecule has 1 N–H and O–H groups in total. The number of nitrogens with zero attached hydrogens (tertiary/aromatic N) is 4. The van der Waals surface area contributed by atoms with Gasteiger partial charge in [0.1, 0.15) is 5.82 Å². The Hall–Kier alpha value is -2.35. The van der Waals surface area contributed by atoms with E-state index in [2.05, 4.69) is 33.9 Å². The molecule has 0 spiro atoms. The number of likely N-dealkylation sites (tertiary alicyclic amines) is 1. The summed E-state index contributed by atoms with van der Waals surface area (Å²) in [6, 6.07) is 5.43. The molecule has 172 valence electrons. The molecule has 0 aliphatic carbocycles. The van der Waals surface area contributed by atoms with Crippen molar-refractivity contribution in [1.82, 2.24) is 15.1 Å². The summed E-state index contributed by atoms with van der Waals surface area (Å²) in [5.74, 6) is 0.423. The van der Waals surface area contributed by atoms with Gasteiger partial charge in [-0.2, -0.15) is 0 Å². The van der Waals surface area contributed by atoms with E-state index in [0.29, 0.717) is 18.8 Å². The molecule has 0 bridgehead atoms. The second kappa shape index (κ2) is 10.8. The van der Waals surface area contributed by atoms with Gasteiger partial charge in [0.25, 0.3) is 0 Å². The summed E-state index contributed by atoms with van der Waals surface area (Å²) < 4.78 is 19.8. The lowest BCUT2D eigenvalue weighted by atomic mass is 9.99. The van der Waals surface area contributed by atoms with Crippen LogP contribution in [0.4, 0.5) is 10.1 Å². The topological polar surface area (TPSA) is 60.4 Å². The smallest absolute Gasteiger partial charge is 0.310 e. The first kappa shape index (κ1) is 23.3. The Morgan fingerprint density at radius 1 is 1.23 bits per heavy atom. The standard InChI is InChI=1S/C23H36FN5O2/c1-5-25-23(29-15-17(3)19(16-29)22(30)31-4)26-14-18-7-8-21(20(24)13-18)28-11-9-27(6-2)10-12-28/h7-8,13,17,19H,5-6,9-12,14-16H2,1-4H3,(H,25,26). The summed E-state index contributed by atoms with van der Waals surface area (Å²) in [6.45, 7) is 13.3. The van der Waals surface area contributed by atoms with E-state index in [1.54, 1.807) is 6.07 Å². The summed E-state index contributed by atoms with van der Waals surface area (Å²) >= 11 is 0. The van der Waals surface area contributed by atoms with Crippen LogP contribution in [0.15, 0.2) is 23.2 Å². The fourth-order valence-corrected chi connectivity index (χ4v) is 4.40. The van der Waals surface area contributed by atoms with E-state index in [9.17, 15) is 9.18 Å². The Morgan fingerprint density at radius 3 is 2.58 bits per heavy atom. The maximum Gasteiger partial charge on any atom is 0.310 e. The van der Waals surface area contributed by atoms with Gasteiger partial charge in [0.2, 0.25) is 0 Å². The Morgan fingerprint density at radius 2 is 1.97 bits per heavy atom. The van der Waals surface area contributed by atoms with Gasteiger partial charge < -0.3 is 24.8 Å². The Kier molecular flexibility index (Phi) is 8.12. The molecular formula is C23H36FN5O2. The van der Waals surface area contributed by atoms with E-state index in [0.717, 1.165) is 57.3 Å². The van der Waals surface area contributed by atoms with Crippen molar-refractivity contribution in [3.8, 4) is 0 Å². The summed E-state index contributed by atoms with van der Waals surface area (Å²) in [5, 5.41) is 3.30. The number of benzene rings is 1. The van der Waals surface area contributed by atoms with Crippen molar-refractivity contribution in [3.63, 3.8) is 0 Å². The van der Waals surface area contributed by atoms with E-state index < -0.39 is 0 Å². The number of anilines is 1. The van der Waals surface area contributed by atoms with Crippen LogP contribution in [0.25, 0.3) is 0 Å². The van der Waals surface area contributed by atoms with Crippen LogP contribution in [0.5, 0.6) is 0 Å². The highest BCUT2D eigenvalue weighted by Gasteiger charge is 2.36. The molecular weight excluding hydrogens is 397 g/mol. The molecule has 2 fully saturated rings. The van der Waals surface area contributed by atoms with Crippen LogP contribution in [-0.4, -0.2) is 81.2 Å². The molecule has 1 aromatic carbocycles. The van der Waals surface area contributed by atoms with Crippen LogP contribution in [-0.2, 0) is 16.1 Å². The molecule has 3 rings (SSSR count). The van der Waals surface area contributed by atoms with Crippen LogP contribution >= 0.6 is 0 Å². The molecule has 8 heteroatoms. The lowest BCUT2D eigenvalue weighted by Gasteiger charge is -2.35. The molecule has 2 saturated heterocycles. The number of carbonyl (C=O) groups excluding carboxylic acids is 1. The minimum Gasteiger partial charge on any atom is -0.469 e. The van der Waals surface area contributed by atoms with Gasteiger partial charge in [-0.25, -0.2) is 9.38 Å². The van der Waals surface area contributed by atoms with Crippen molar-refractivity contribution in [1.29, 1.82) is 0 Å². The average Bonchev–Trinajstić information content (AvgIpc) is 3.17. The van der Waals surface area contributed by atoms with Crippen LogP contribution in [0, 0.1) is 17.7 Å². The van der Waals surface area contributed by atoms with Gasteiger partial charge in [0, 0.05) is 45.8 Å². The van der Waals surface area contributed by atoms with E-state index >= 15 is 0 Å². The third kappa shape index (κ3) is 5.67. The number of carbonyl (C=O) groups is 1. The largest absolute Gasteiger partial charge is 0.469 e. The van der Waals surface area contributed by atoms with Gasteiger partial charge in [-0.1, -0.05) is 19.9 Å². The van der Waals surface area contributed by atoms with E-state index in [4.69, 9.17) is 9.73 Å². The lowest BCUT2D eigenvalue weighted by Crippen LogP contribution is -2.46. The van der Waals surface area contributed by atoms with Gasteiger partial charge in [0.05, 0.1) is 25.3 Å². The number of hydrogen-bond donors (Lipinski definition) is 1. The minimum absolute atomic E-state index is 0.154. The monoisotopic (exact) mass is 433 g/mol. The zero-order valence-corrected chi connectivity index (χ0v) is 19.2. The number of likely N-dealkylation sites (N-methyl/N-ethyl adjacent to an activating group) is 1. The number of methoxy groups -OCH3 is 1. The van der Waals surface area contributed by atoms with Gasteiger partial charge in [-0.15, -0.1) is 0 Å². The van der Waals surface area contributed by atoms with E-state index in [-0.39, 0.29) is 23.6 Å². The van der Waals surface area contributed by atoms with Gasteiger partial charge in [0.15, 0.2) is 5.96 Å². The highest BCUT2D eigenvalue weighted by atomic mass is 19.1. The Balaban J connectivity index is 1.66. The molecule has 2 atom stereocenters. The van der Waals surface area contributed by atoms with Crippen LogP contribution in [0.1, 0.15) is 26.3 Å². The third-order valence-corrected chi connectivity index (χ3v) is 6.33. The molecule has 1 aromatic rings. The highest BCUT2D eigenvalue weighted by molar-refractivity contribution is 5.82. The molecule has 2 unspecified atom stereocenters. The first-order valence-electron chi connectivity index (χ1n) is 11.3. The summed E-state index contributed by atoms with van der Waals surface area (Å²) in [4.78, 5) is 23.3. The zero-order chi connectivity index (χ0) is 22.4. The van der Waals surface area contributed by atoms with Crippen molar-refractivity contribution in [2.24, 2.45) is 16.8 Å². The summed E-state index contributed by atoms with van der Waals surface area (Å²) in [7, 11) is 1.43. The van der Waals surface area contributed by atoms with Gasteiger partial charge >= 0.3 is 5.97 Å². The van der Waals surface area contributed by atoms with E-state index in [1.165, 1.54) is 7.11 Å². The number of hydrogen-bond acceptors (Lipinski definition) is 5. The molecule has 0 radical (unpaired) electrons. The predicted octanol–water partition coefficient (Wildman–Crippen LogP) is 2.17. The molecule has 2 aliphatic heterocycles. The normalized spacial score (nSPS) is 22.7. The number of rotatable bonds is 6. The fourth-order valence-electron chi connectivity index (χ4n) is 4.40. The van der Waals surface area contributed by atoms with Crippen LogP contribution in [0.3, 0.4) is 0 Å². The SMILES string of the molecule is CCNC(=NCc1ccc(N2CCN(CC)CC2)c(F)c1)N1CC(C)C(C(=O)OC)C1. The zero-order valence-electron chi connectivity index (χ0n) is 19.2. The Labute approximate surface area is 185 Å². The van der Waals surface area contributed by atoms with Crippen molar-refractivity contribution in [2.75, 3.05) is 64.4 Å². The maximum absolute atomic E-state index is 14.8. The number of nitrogens with one attached hydrogen (secondary N) is 1. The summed E-state index contributed by atoms with van der Waals surface area (Å²) in [5.41, 5.74) is 1.50. The van der Waals surface area contributed by atoms with E-state index in [1.807, 2.05) is 19.1 Å². The Bertz CT molecular complexity index is 779. The number of esters is 1. The number of ether oxygens (including phenoxy) is 1. The molecule has 0 amide bonds. The van der Waals surface area contributed by atoms with Crippen LogP contribution in [0.2, 0.25) is 0 Å². The molecule has 2 aliphatic rings. The lowest BCUT2D eigenvalue weighted by molar-refractivity contribution is -0.145. The average molecular weight is 434 g/mol. The molecule has 0 aromatic heterocycles. The molecule has 0 saturated carbocycles. The van der Waals surface area contributed by atoms with Crippen LogP contribution < -0.4 is 10.2 Å². The maximum atomic E-state index is 14.8. The third-order valence-electron chi connectivity index (χ3n) is 6.33. The van der Waals surface area contributed by atoms with Crippen molar-refractivity contribution in [3.05, 3.63) is 29.6 Å². The molecule has 7 nitrogen and oxygen atoms in total. The second-order valence-electron chi connectivity index (χ2n) is 8.39. The highest BCUT2D eigenvalue weighted by Crippen LogP contribution is 2.25. The number of aliphatic imine (C=N–C) groups is 1. The summed E-state index contributed by atoms with van der Waals surface area (Å²) in [6.07, 6.45) is 0.